The predicted molar refractivity (Wildman–Crippen MR) is 406 cm³/mol. The number of aryl methyl sites for hydroxylation is 1. The van der Waals surface area contributed by atoms with Gasteiger partial charge in [-0.05, 0) is 206 Å². The molecular weight excluding hydrogens is 1330 g/mol. The fourth-order valence-electron chi connectivity index (χ4n) is 11.1. The lowest BCUT2D eigenvalue weighted by Crippen LogP contribution is -2.15. The lowest BCUT2D eigenvalue weighted by molar-refractivity contribution is 0.414. The van der Waals surface area contributed by atoms with Crippen LogP contribution in [0.5, 0.6) is 5.75 Å². The highest BCUT2D eigenvalue weighted by Gasteiger charge is 2.15. The van der Waals surface area contributed by atoms with Crippen molar-refractivity contribution in [1.82, 2.24) is 90.4 Å². The molecule has 16 aromatic rings. The van der Waals surface area contributed by atoms with E-state index in [1.807, 2.05) is 154 Å². The van der Waals surface area contributed by atoms with Crippen LogP contribution in [-0.4, -0.2) is 114 Å². The summed E-state index contributed by atoms with van der Waals surface area (Å²) in [5, 5.41) is 23.7. The molecule has 0 unspecified atom stereocenters. The fourth-order valence-corrected chi connectivity index (χ4v) is 11.5. The van der Waals surface area contributed by atoms with E-state index in [-0.39, 0.29) is 0 Å². The van der Waals surface area contributed by atoms with Crippen LogP contribution in [0.15, 0.2) is 243 Å². The molecule has 0 bridgehead atoms. The lowest BCUT2D eigenvalue weighted by Gasteiger charge is -2.10. The molecule has 4 aromatic carbocycles. The number of fused-ring (bicyclic) bond motifs is 4. The van der Waals surface area contributed by atoms with Gasteiger partial charge in [0.1, 0.15) is 28.3 Å². The van der Waals surface area contributed by atoms with Crippen molar-refractivity contribution in [3.8, 4) is 50.8 Å². The number of aromatic nitrogens is 16. The number of methoxy groups -OCH3 is 1. The van der Waals surface area contributed by atoms with Gasteiger partial charge < -0.3 is 56.6 Å². The molecule has 0 amide bonds. The van der Waals surface area contributed by atoms with Gasteiger partial charge in [-0.15, -0.1) is 0 Å². The Morgan fingerprint density at radius 3 is 1.16 bits per heavy atom. The van der Waals surface area contributed by atoms with Gasteiger partial charge in [0, 0.05) is 140 Å². The number of anilines is 8. The minimum atomic E-state index is 0.545. The molecule has 0 spiro atoms. The van der Waals surface area contributed by atoms with Crippen molar-refractivity contribution in [1.29, 1.82) is 0 Å². The summed E-state index contributed by atoms with van der Waals surface area (Å²) < 4.78 is 6.20. The Morgan fingerprint density at radius 1 is 0.396 bits per heavy atom. The number of benzene rings is 4. The Bertz CT molecular complexity index is 5380. The first-order valence-corrected chi connectivity index (χ1v) is 33.5. The quantitative estimate of drug-likeness (QED) is 0.0317. The number of ether oxygens (including phenoxy) is 1. The van der Waals surface area contributed by atoms with Gasteiger partial charge in [-0.2, -0.15) is 0 Å². The molecule has 0 radical (unpaired) electrons. The van der Waals surface area contributed by atoms with Crippen LogP contribution >= 0.6 is 15.9 Å². The van der Waals surface area contributed by atoms with Gasteiger partial charge >= 0.3 is 0 Å². The molecular formula is C77H71BrN22O. The maximum atomic E-state index is 5.24. The summed E-state index contributed by atoms with van der Waals surface area (Å²) >= 11 is 3.51. The molecule has 0 aliphatic carbocycles. The van der Waals surface area contributed by atoms with E-state index in [4.69, 9.17) is 4.74 Å². The number of aromatic amines is 4. The van der Waals surface area contributed by atoms with E-state index < -0.39 is 0 Å². The number of rotatable bonds is 20. The molecule has 0 saturated heterocycles. The Balaban J connectivity index is 0.000000121. The summed E-state index contributed by atoms with van der Waals surface area (Å²) in [5.74, 6) is 3.07. The summed E-state index contributed by atoms with van der Waals surface area (Å²) in [7, 11) is 3.62. The number of H-pyrrole nitrogens is 4. The molecule has 16 rings (SSSR count). The average Bonchev–Trinajstić information content (AvgIpc) is 1.71. The van der Waals surface area contributed by atoms with Crippen LogP contribution in [0.2, 0.25) is 0 Å². The SMILES string of the molecule is Brc1ccccc1Nc1nccc(-c2c[nH]c3ncccc23)n1.CCNCCc1ccc(Nc2nccc(-c3c[nH]c4ncccc34)n2)cc1.CNCCc1ccc(Nc2nccc(-c3c[nH]c4ncccc34)n2)cc1.COc1ccc(Nc2nccc(-c3c[nH]c4ncccc34)n2)c(C)c1. The van der Waals surface area contributed by atoms with E-state index in [2.05, 4.69) is 183 Å². The monoisotopic (exact) mass is 1400 g/mol. The van der Waals surface area contributed by atoms with Gasteiger partial charge in [0.2, 0.25) is 23.8 Å². The fraction of sp³-hybridized carbons (Fsp3) is 0.117. The summed E-state index contributed by atoms with van der Waals surface area (Å²) in [6.07, 6.45) is 23.8. The van der Waals surface area contributed by atoms with Crippen LogP contribution in [0, 0.1) is 6.92 Å². The third-order valence-electron chi connectivity index (χ3n) is 16.3. The smallest absolute Gasteiger partial charge is 0.227 e. The van der Waals surface area contributed by atoms with Gasteiger partial charge in [0.25, 0.3) is 0 Å². The molecule has 502 valence electrons. The van der Waals surface area contributed by atoms with Crippen LogP contribution in [0.4, 0.5) is 46.5 Å². The van der Waals surface area contributed by atoms with Crippen LogP contribution in [-0.2, 0) is 12.8 Å². The molecule has 23 nitrogen and oxygen atoms in total. The van der Waals surface area contributed by atoms with E-state index in [0.29, 0.717) is 23.8 Å². The largest absolute Gasteiger partial charge is 0.497 e. The van der Waals surface area contributed by atoms with Crippen molar-refractivity contribution < 1.29 is 4.74 Å². The molecule has 0 saturated carbocycles. The Labute approximate surface area is 590 Å². The number of likely N-dealkylation sites (N-methyl/N-ethyl adjacent to an activating group) is 2. The van der Waals surface area contributed by atoms with Crippen LogP contribution in [0.25, 0.3) is 89.2 Å². The molecule has 0 atom stereocenters. The van der Waals surface area contributed by atoms with Crippen molar-refractivity contribution in [3.05, 3.63) is 259 Å². The normalized spacial score (nSPS) is 10.9. The molecule has 101 heavy (non-hydrogen) atoms. The van der Waals surface area contributed by atoms with E-state index >= 15 is 0 Å². The second-order valence-corrected chi connectivity index (χ2v) is 23.8. The zero-order chi connectivity index (χ0) is 69.1. The van der Waals surface area contributed by atoms with E-state index in [1.165, 1.54) is 11.1 Å². The highest BCUT2D eigenvalue weighted by Crippen LogP contribution is 2.33. The second kappa shape index (κ2) is 32.6. The molecule has 0 aliphatic heterocycles. The highest BCUT2D eigenvalue weighted by molar-refractivity contribution is 9.10. The van der Waals surface area contributed by atoms with Gasteiger partial charge in [-0.1, -0.05) is 43.3 Å². The minimum absolute atomic E-state index is 0.545. The van der Waals surface area contributed by atoms with Crippen molar-refractivity contribution in [2.45, 2.75) is 26.7 Å². The van der Waals surface area contributed by atoms with Gasteiger partial charge in [0.05, 0.1) is 35.6 Å². The van der Waals surface area contributed by atoms with E-state index in [1.54, 1.807) is 56.7 Å². The molecule has 0 fully saturated rings. The van der Waals surface area contributed by atoms with Crippen molar-refractivity contribution in [3.63, 3.8) is 0 Å². The summed E-state index contributed by atoms with van der Waals surface area (Å²) in [6.45, 7) is 7.10. The van der Waals surface area contributed by atoms with Crippen molar-refractivity contribution in [2.75, 3.05) is 55.1 Å². The molecule has 12 aromatic heterocycles. The van der Waals surface area contributed by atoms with Gasteiger partial charge in [-0.25, -0.2) is 59.8 Å². The third kappa shape index (κ3) is 16.9. The Kier molecular flexibility index (Phi) is 21.6. The Morgan fingerprint density at radius 2 is 0.782 bits per heavy atom. The Hall–Kier alpha value is -12.6. The minimum Gasteiger partial charge on any atom is -0.497 e. The molecule has 24 heteroatoms. The van der Waals surface area contributed by atoms with Crippen molar-refractivity contribution >= 4 is 107 Å². The average molecular weight is 1400 g/mol. The second-order valence-electron chi connectivity index (χ2n) is 23.0. The number of para-hydroxylation sites is 1. The zero-order valence-electron chi connectivity index (χ0n) is 55.7. The number of nitrogens with one attached hydrogen (secondary N) is 10. The van der Waals surface area contributed by atoms with Gasteiger partial charge in [0.15, 0.2) is 0 Å². The molecule has 12 heterocycles. The molecule has 0 aliphatic rings. The van der Waals surface area contributed by atoms with Crippen molar-refractivity contribution in [2.24, 2.45) is 0 Å². The first-order valence-electron chi connectivity index (χ1n) is 32.7. The summed E-state index contributed by atoms with van der Waals surface area (Å²) in [5.41, 5.74) is 18.3. The third-order valence-corrected chi connectivity index (χ3v) is 16.9. The van der Waals surface area contributed by atoms with Gasteiger partial charge in [-0.3, -0.25) is 0 Å². The first-order chi connectivity index (χ1) is 49.7. The topological polar surface area (TPSA) is 299 Å². The number of pyridine rings is 4. The number of hydrogen-bond acceptors (Lipinski definition) is 19. The standard InChI is InChI=1S/C21H22N6.C20H20N6.C19H17N5O.C17H12BrN5/c1-2-22-12-9-15-5-7-16(8-6-15)26-21-24-13-10-19(27-21)18-14-25-20-17(18)4-3-11-23-20;1-21-11-8-14-4-6-15(7-5-14)25-20-23-12-9-18(26-20)17-13-24-19-16(17)3-2-10-22-19;1-12-10-13(25-2)5-6-16(12)23-19-21-9-7-17(24-19)15-11-22-18-14(15)4-3-8-20-18;18-13-5-1-2-6-15(13)23-17-20-9-7-14(22-17)12-10-21-16-11(12)4-3-8-19-16/h3-8,10-11,13-14,22H,2,9,12H2,1H3,(H,23,25)(H,24,26,27);2-7,9-10,12-13,21H,8,11H2,1H3,(H,22,24)(H,23,25,26);3-11H,1-2H3,(H,20,22)(H,21,23,24);1-10H,(H,19,21)(H,20,22,23). The van der Waals surface area contributed by atoms with E-state index in [9.17, 15) is 0 Å². The summed E-state index contributed by atoms with van der Waals surface area (Å²) in [6, 6.07) is 53.8. The predicted octanol–water partition coefficient (Wildman–Crippen LogP) is 16.0. The number of nitrogens with zero attached hydrogens (tertiary/aromatic N) is 12. The maximum Gasteiger partial charge on any atom is 0.227 e. The van der Waals surface area contributed by atoms with E-state index in [0.717, 1.165) is 160 Å². The van der Waals surface area contributed by atoms with Crippen LogP contribution < -0.4 is 36.6 Å². The first kappa shape index (κ1) is 67.0. The maximum absolute atomic E-state index is 5.24. The van der Waals surface area contributed by atoms with Crippen LogP contribution in [0.1, 0.15) is 23.6 Å². The zero-order valence-corrected chi connectivity index (χ0v) is 57.3. The summed E-state index contributed by atoms with van der Waals surface area (Å²) in [4.78, 5) is 65.9. The lowest BCUT2D eigenvalue weighted by atomic mass is 10.1. The highest BCUT2D eigenvalue weighted by atomic mass is 79.9. The number of hydrogen-bond donors (Lipinski definition) is 10. The van der Waals surface area contributed by atoms with Crippen LogP contribution in [0.3, 0.4) is 0 Å². The number of halogens is 1. The molecule has 10 N–H and O–H groups in total.